The predicted molar refractivity (Wildman–Crippen MR) is 64.7 cm³/mol. The van der Waals surface area contributed by atoms with E-state index in [-0.39, 0.29) is 5.56 Å². The van der Waals surface area contributed by atoms with E-state index in [1.165, 1.54) is 12.1 Å². The Balaban J connectivity index is 2.58. The topological polar surface area (TPSA) is 0 Å². The highest BCUT2D eigenvalue weighted by Crippen LogP contribution is 2.30. The van der Waals surface area contributed by atoms with Crippen molar-refractivity contribution >= 4 is 0 Å². The number of terminal acetylenes is 1. The molecule has 0 atom stereocenters. The summed E-state index contributed by atoms with van der Waals surface area (Å²) in [6.45, 7) is 0. The van der Waals surface area contributed by atoms with Gasteiger partial charge in [-0.2, -0.15) is 0 Å². The summed E-state index contributed by atoms with van der Waals surface area (Å²) in [5.74, 6) is 1.52. The van der Waals surface area contributed by atoms with Crippen LogP contribution in [-0.4, -0.2) is 0 Å². The van der Waals surface area contributed by atoms with Crippen molar-refractivity contribution in [3.05, 3.63) is 59.4 Å². The number of halogens is 3. The van der Waals surface area contributed by atoms with Gasteiger partial charge in [-0.15, -0.1) is 6.42 Å². The minimum Gasteiger partial charge on any atom is -0.206 e. The molecule has 0 fully saturated rings. The molecule has 0 aliphatic carbocycles. The van der Waals surface area contributed by atoms with Gasteiger partial charge in [-0.3, -0.25) is 0 Å². The molecule has 18 heavy (non-hydrogen) atoms. The number of hydrogen-bond donors (Lipinski definition) is 0. The first kappa shape index (κ1) is 12.3. The van der Waals surface area contributed by atoms with E-state index in [1.807, 2.05) is 0 Å². The Labute approximate surface area is 103 Å². The molecule has 0 spiro atoms. The Kier molecular flexibility index (Phi) is 3.38. The maximum absolute atomic E-state index is 13.9. The quantitative estimate of drug-likeness (QED) is 0.688. The van der Waals surface area contributed by atoms with Gasteiger partial charge in [0.1, 0.15) is 5.82 Å². The fourth-order valence-electron chi connectivity index (χ4n) is 1.72. The van der Waals surface area contributed by atoms with Gasteiger partial charge >= 0.3 is 0 Å². The minimum atomic E-state index is -2.83. The summed E-state index contributed by atoms with van der Waals surface area (Å²) < 4.78 is 39.1. The molecule has 2 aromatic carbocycles. The van der Waals surface area contributed by atoms with E-state index >= 15 is 0 Å². The average molecular weight is 246 g/mol. The summed E-state index contributed by atoms with van der Waals surface area (Å²) in [5, 5.41) is 0. The Morgan fingerprint density at radius 3 is 2.44 bits per heavy atom. The lowest BCUT2D eigenvalue weighted by Crippen LogP contribution is -1.94. The summed E-state index contributed by atoms with van der Waals surface area (Å²) in [6.07, 6.45) is 2.42. The predicted octanol–water partition coefficient (Wildman–Crippen LogP) is 4.41. The summed E-state index contributed by atoms with van der Waals surface area (Å²) in [6, 6.07) is 10.5. The highest BCUT2D eigenvalue weighted by molar-refractivity contribution is 5.67. The molecular weight excluding hydrogens is 237 g/mol. The molecule has 0 aliphatic heterocycles. The van der Waals surface area contributed by atoms with Gasteiger partial charge in [0.15, 0.2) is 0 Å². The van der Waals surface area contributed by atoms with Crippen LogP contribution in [0.1, 0.15) is 17.6 Å². The third-order valence-electron chi connectivity index (χ3n) is 2.60. The molecule has 0 aromatic heterocycles. The first-order chi connectivity index (χ1) is 8.63. The van der Waals surface area contributed by atoms with E-state index in [4.69, 9.17) is 6.42 Å². The highest BCUT2D eigenvalue weighted by Gasteiger charge is 2.16. The number of benzene rings is 2. The molecule has 2 rings (SSSR count). The van der Waals surface area contributed by atoms with E-state index in [0.717, 1.165) is 6.07 Å². The van der Waals surface area contributed by atoms with E-state index < -0.39 is 17.8 Å². The monoisotopic (exact) mass is 246 g/mol. The Hall–Kier alpha value is -2.21. The van der Waals surface area contributed by atoms with Crippen LogP contribution in [0.3, 0.4) is 0 Å². The molecule has 0 saturated heterocycles. The molecule has 90 valence electrons. The largest absolute Gasteiger partial charge is 0.266 e. The summed E-state index contributed by atoms with van der Waals surface area (Å²) >= 11 is 0. The van der Waals surface area contributed by atoms with Gasteiger partial charge < -0.3 is 0 Å². The lowest BCUT2D eigenvalue weighted by atomic mass is 10.0. The standard InChI is InChI=1S/C15H9F3/c1-2-10-5-3-6-11(9-10)12-7-4-8-13(14(12)16)15(17)18/h1,3-9,15H. The zero-order valence-electron chi connectivity index (χ0n) is 9.33. The number of hydrogen-bond acceptors (Lipinski definition) is 0. The van der Waals surface area contributed by atoms with Gasteiger partial charge in [-0.25, -0.2) is 13.2 Å². The third kappa shape index (κ3) is 2.23. The van der Waals surface area contributed by atoms with E-state index in [1.54, 1.807) is 24.3 Å². The third-order valence-corrected chi connectivity index (χ3v) is 2.60. The molecule has 0 unspecified atom stereocenters. The van der Waals surface area contributed by atoms with Crippen LogP contribution < -0.4 is 0 Å². The van der Waals surface area contributed by atoms with Gasteiger partial charge in [0.05, 0.1) is 5.56 Å². The van der Waals surface area contributed by atoms with Crippen LogP contribution in [0.25, 0.3) is 11.1 Å². The van der Waals surface area contributed by atoms with Gasteiger partial charge in [0, 0.05) is 11.1 Å². The van der Waals surface area contributed by atoms with Crippen LogP contribution >= 0.6 is 0 Å². The van der Waals surface area contributed by atoms with Gasteiger partial charge in [0.2, 0.25) is 0 Å². The van der Waals surface area contributed by atoms with Crippen LogP contribution in [0.5, 0.6) is 0 Å². The zero-order valence-corrected chi connectivity index (χ0v) is 9.33. The smallest absolute Gasteiger partial charge is 0.206 e. The van der Waals surface area contributed by atoms with Crippen molar-refractivity contribution in [1.29, 1.82) is 0 Å². The van der Waals surface area contributed by atoms with Gasteiger partial charge in [-0.1, -0.05) is 36.3 Å². The number of rotatable bonds is 2. The molecule has 0 aliphatic rings. The second-order valence-electron chi connectivity index (χ2n) is 3.73. The fraction of sp³-hybridized carbons (Fsp3) is 0.0667. The van der Waals surface area contributed by atoms with E-state index in [0.29, 0.717) is 11.1 Å². The first-order valence-corrected chi connectivity index (χ1v) is 5.27. The molecule has 0 bridgehead atoms. The van der Waals surface area contributed by atoms with Crippen molar-refractivity contribution in [2.45, 2.75) is 6.43 Å². The van der Waals surface area contributed by atoms with Gasteiger partial charge in [0.25, 0.3) is 6.43 Å². The van der Waals surface area contributed by atoms with E-state index in [9.17, 15) is 13.2 Å². The maximum atomic E-state index is 13.9. The zero-order chi connectivity index (χ0) is 13.1. The van der Waals surface area contributed by atoms with Crippen LogP contribution in [0.15, 0.2) is 42.5 Å². The highest BCUT2D eigenvalue weighted by atomic mass is 19.3. The Bertz CT molecular complexity index is 609. The molecule has 0 saturated carbocycles. The molecule has 0 N–H and O–H groups in total. The van der Waals surface area contributed by atoms with Crippen LogP contribution in [0, 0.1) is 18.2 Å². The summed E-state index contributed by atoms with van der Waals surface area (Å²) in [4.78, 5) is 0. The van der Waals surface area contributed by atoms with Crippen molar-refractivity contribution in [3.63, 3.8) is 0 Å². The van der Waals surface area contributed by atoms with Crippen LogP contribution in [0.2, 0.25) is 0 Å². The summed E-state index contributed by atoms with van der Waals surface area (Å²) in [5.41, 5.74) is 0.600. The average Bonchev–Trinajstić information content (AvgIpc) is 2.38. The molecule has 2 aromatic rings. The van der Waals surface area contributed by atoms with Crippen molar-refractivity contribution in [2.75, 3.05) is 0 Å². The molecule has 0 heterocycles. The Morgan fingerprint density at radius 1 is 1.06 bits per heavy atom. The molecule has 3 heteroatoms. The molecular formula is C15H9F3. The van der Waals surface area contributed by atoms with Gasteiger partial charge in [-0.05, 0) is 17.7 Å². The van der Waals surface area contributed by atoms with Crippen LogP contribution in [-0.2, 0) is 0 Å². The lowest BCUT2D eigenvalue weighted by molar-refractivity contribution is 0.146. The lowest BCUT2D eigenvalue weighted by Gasteiger charge is -2.08. The molecule has 0 radical (unpaired) electrons. The Morgan fingerprint density at radius 2 is 1.78 bits per heavy atom. The van der Waals surface area contributed by atoms with Crippen molar-refractivity contribution in [2.24, 2.45) is 0 Å². The second kappa shape index (κ2) is 4.97. The second-order valence-corrected chi connectivity index (χ2v) is 3.73. The van der Waals surface area contributed by atoms with Crippen LogP contribution in [0.4, 0.5) is 13.2 Å². The van der Waals surface area contributed by atoms with Crippen molar-refractivity contribution in [3.8, 4) is 23.5 Å². The minimum absolute atomic E-state index is 0.130. The molecule has 0 amide bonds. The normalized spacial score (nSPS) is 10.4. The van der Waals surface area contributed by atoms with Crippen molar-refractivity contribution < 1.29 is 13.2 Å². The maximum Gasteiger partial charge on any atom is 0.266 e. The first-order valence-electron chi connectivity index (χ1n) is 5.27. The van der Waals surface area contributed by atoms with Crippen molar-refractivity contribution in [1.82, 2.24) is 0 Å². The fourth-order valence-corrected chi connectivity index (χ4v) is 1.72. The SMILES string of the molecule is C#Cc1cccc(-c2cccc(C(F)F)c2F)c1. The number of alkyl halides is 2. The van der Waals surface area contributed by atoms with E-state index in [2.05, 4.69) is 5.92 Å². The molecule has 0 nitrogen and oxygen atoms in total. The summed E-state index contributed by atoms with van der Waals surface area (Å²) in [7, 11) is 0.